The van der Waals surface area contributed by atoms with E-state index < -0.39 is 10.2 Å². The lowest BCUT2D eigenvalue weighted by Gasteiger charge is -1.89. The number of nitrogen functional groups attached to an aromatic ring is 4. The minimum atomic E-state index is -1.75. The van der Waals surface area contributed by atoms with Gasteiger partial charge in [-0.05, 0) is 0 Å². The van der Waals surface area contributed by atoms with E-state index in [-0.39, 0.29) is 11.9 Å². The van der Waals surface area contributed by atoms with Gasteiger partial charge in [0.15, 0.2) is 0 Å². The first-order valence-electron chi connectivity index (χ1n) is 5.39. The molecule has 0 aliphatic carbocycles. The van der Waals surface area contributed by atoms with Crippen LogP contribution in [0.4, 0.5) is 11.9 Å². The molecule has 132 valence electrons. The summed E-state index contributed by atoms with van der Waals surface area (Å²) in [6.45, 7) is 0. The minimum absolute atomic E-state index is 0.171. The SMILES string of the molecule is Nc1n[nH]c(/C=C/c2[nH]nc(N)[n+]2N)[n+]1N.O=[N+]([O-])[O-].O=[N+]([O-])[O-]. The van der Waals surface area contributed by atoms with Crippen LogP contribution in [0.25, 0.3) is 12.2 Å². The summed E-state index contributed by atoms with van der Waals surface area (Å²) in [6.07, 6.45) is 3.25. The molecular weight excluding hydrogens is 336 g/mol. The molecule has 2 heterocycles. The van der Waals surface area contributed by atoms with Crippen LogP contribution >= 0.6 is 0 Å². The Balaban J connectivity index is 0.000000558. The van der Waals surface area contributed by atoms with Gasteiger partial charge in [0, 0.05) is 22.3 Å². The molecule has 0 fully saturated rings. The molecule has 0 saturated heterocycles. The van der Waals surface area contributed by atoms with Gasteiger partial charge in [0.2, 0.25) is 11.6 Å². The molecule has 0 saturated carbocycles. The predicted molar refractivity (Wildman–Crippen MR) is 76.3 cm³/mol. The van der Waals surface area contributed by atoms with E-state index >= 15 is 0 Å². The van der Waals surface area contributed by atoms with E-state index in [2.05, 4.69) is 20.4 Å². The Morgan fingerprint density at radius 2 is 1.08 bits per heavy atom. The molecule has 18 nitrogen and oxygen atoms in total. The number of nitrogens with one attached hydrogen (secondary N) is 2. The second-order valence-corrected chi connectivity index (χ2v) is 3.45. The smallest absolute Gasteiger partial charge is 0.356 e. The first-order valence-corrected chi connectivity index (χ1v) is 5.39. The van der Waals surface area contributed by atoms with Crippen molar-refractivity contribution in [2.75, 3.05) is 23.2 Å². The highest BCUT2D eigenvalue weighted by atomic mass is 16.9. The van der Waals surface area contributed by atoms with Crippen LogP contribution in [0.2, 0.25) is 0 Å². The first-order chi connectivity index (χ1) is 11.1. The maximum absolute atomic E-state index is 8.25. The van der Waals surface area contributed by atoms with Crippen molar-refractivity contribution in [1.82, 2.24) is 20.4 Å². The van der Waals surface area contributed by atoms with Crippen molar-refractivity contribution < 1.29 is 19.5 Å². The van der Waals surface area contributed by atoms with Crippen LogP contribution in [0.3, 0.4) is 0 Å². The highest BCUT2D eigenvalue weighted by Crippen LogP contribution is 1.97. The zero-order valence-corrected chi connectivity index (χ0v) is 11.6. The van der Waals surface area contributed by atoms with Crippen molar-refractivity contribution in [1.29, 1.82) is 0 Å². The van der Waals surface area contributed by atoms with E-state index in [1.807, 2.05) is 0 Å². The van der Waals surface area contributed by atoms with Gasteiger partial charge in [-0.2, -0.15) is 10.2 Å². The first kappa shape index (κ1) is 19.6. The van der Waals surface area contributed by atoms with Crippen molar-refractivity contribution in [2.24, 2.45) is 0 Å². The number of aromatic amines is 2. The van der Waals surface area contributed by atoms with Crippen molar-refractivity contribution in [2.45, 2.75) is 0 Å². The van der Waals surface area contributed by atoms with Gasteiger partial charge in [-0.25, -0.2) is 0 Å². The molecule has 0 aliphatic rings. The van der Waals surface area contributed by atoms with Crippen LogP contribution in [0.1, 0.15) is 11.6 Å². The lowest BCUT2D eigenvalue weighted by Crippen LogP contribution is -2.48. The highest BCUT2D eigenvalue weighted by Gasteiger charge is 2.12. The number of rotatable bonds is 2. The molecule has 0 amide bonds. The Hall–Kier alpha value is -4.38. The third kappa shape index (κ3) is 6.87. The lowest BCUT2D eigenvalue weighted by molar-refractivity contribution is -0.627. The molecular formula is C6H12N12O6. The van der Waals surface area contributed by atoms with Crippen LogP contribution in [0, 0.1) is 30.6 Å². The third-order valence-corrected chi connectivity index (χ3v) is 1.98. The van der Waals surface area contributed by atoms with Gasteiger partial charge in [0.1, 0.15) is 0 Å². The zero-order chi connectivity index (χ0) is 18.9. The Morgan fingerprint density at radius 1 is 0.833 bits per heavy atom. The van der Waals surface area contributed by atoms with Crippen LogP contribution in [0.15, 0.2) is 0 Å². The molecule has 2 rings (SSSR count). The van der Waals surface area contributed by atoms with Crippen LogP contribution in [-0.4, -0.2) is 30.6 Å². The van der Waals surface area contributed by atoms with E-state index in [0.717, 1.165) is 0 Å². The van der Waals surface area contributed by atoms with Gasteiger partial charge in [-0.3, -0.25) is 11.7 Å². The highest BCUT2D eigenvalue weighted by molar-refractivity contribution is 5.60. The van der Waals surface area contributed by atoms with E-state index in [9.17, 15) is 0 Å². The second-order valence-electron chi connectivity index (χ2n) is 3.45. The summed E-state index contributed by atoms with van der Waals surface area (Å²) in [5.74, 6) is 12.5. The predicted octanol–water partition coefficient (Wildman–Crippen LogP) is -4.01. The number of anilines is 2. The monoisotopic (exact) mass is 348 g/mol. The minimum Gasteiger partial charge on any atom is -0.356 e. The van der Waals surface area contributed by atoms with Crippen LogP contribution < -0.4 is 32.5 Å². The average molecular weight is 348 g/mol. The maximum atomic E-state index is 8.25. The fraction of sp³-hybridized carbons (Fsp3) is 0. The zero-order valence-electron chi connectivity index (χ0n) is 11.6. The van der Waals surface area contributed by atoms with Crippen molar-refractivity contribution >= 4 is 24.0 Å². The largest absolute Gasteiger partial charge is 0.396 e. The molecule has 0 spiro atoms. The van der Waals surface area contributed by atoms with Crippen LogP contribution in [0.5, 0.6) is 0 Å². The number of hydrogen-bond donors (Lipinski definition) is 6. The fourth-order valence-corrected chi connectivity index (χ4v) is 1.08. The van der Waals surface area contributed by atoms with Gasteiger partial charge in [0.05, 0.1) is 10.2 Å². The topological polar surface area (TPSA) is 302 Å². The van der Waals surface area contributed by atoms with E-state index in [0.29, 0.717) is 11.6 Å². The summed E-state index contributed by atoms with van der Waals surface area (Å²) in [4.78, 5) is 16.5. The number of nitrogens with zero attached hydrogens (tertiary/aromatic N) is 6. The fourth-order valence-electron chi connectivity index (χ4n) is 1.08. The summed E-state index contributed by atoms with van der Waals surface area (Å²) in [5, 5.41) is 42.2. The number of hydrogen-bond acceptors (Lipinski definition) is 12. The summed E-state index contributed by atoms with van der Waals surface area (Å²) in [6, 6.07) is 0. The van der Waals surface area contributed by atoms with E-state index in [4.69, 9.17) is 53.8 Å². The van der Waals surface area contributed by atoms with Gasteiger partial charge >= 0.3 is 11.9 Å². The number of nitrogens with two attached hydrogens (primary N) is 4. The lowest BCUT2D eigenvalue weighted by atomic mass is 10.4. The number of H-pyrrole nitrogens is 2. The molecule has 18 heteroatoms. The number of aromatic nitrogens is 6. The van der Waals surface area contributed by atoms with Gasteiger partial charge in [-0.1, -0.05) is 0 Å². The second kappa shape index (κ2) is 8.81. The van der Waals surface area contributed by atoms with E-state index in [1.54, 1.807) is 12.2 Å². The average Bonchev–Trinajstić information content (AvgIpc) is 2.93. The molecule has 2 aromatic heterocycles. The molecule has 0 atom stereocenters. The van der Waals surface area contributed by atoms with Crippen molar-refractivity contribution in [3.05, 3.63) is 42.3 Å². The normalized spacial score (nSPS) is 9.50. The molecule has 24 heavy (non-hydrogen) atoms. The summed E-state index contributed by atoms with van der Waals surface area (Å²) < 4.78 is 2.38. The van der Waals surface area contributed by atoms with Gasteiger partial charge < -0.3 is 42.1 Å². The molecule has 0 bridgehead atoms. The standard InChI is InChI=1S/C6H10N10.2NO3/c7-5-13-11-3(15(5)9)1-2-4-12-14-6(8)16(4)10;2*2-1(3)4/h1-2H,9-10H2,(H4,7,8,11,12,13,14);;/q;2*-1/p+2. The summed E-state index contributed by atoms with van der Waals surface area (Å²) >= 11 is 0. The van der Waals surface area contributed by atoms with Gasteiger partial charge in [0.25, 0.3) is 0 Å². The maximum Gasteiger partial charge on any atom is 0.396 e. The quantitative estimate of drug-likeness (QED) is 0.131. The third-order valence-electron chi connectivity index (χ3n) is 1.98. The Morgan fingerprint density at radius 3 is 1.25 bits per heavy atom. The Kier molecular flexibility index (Phi) is 7.20. The molecule has 0 aliphatic heterocycles. The van der Waals surface area contributed by atoms with E-state index in [1.165, 1.54) is 9.35 Å². The molecule has 10 N–H and O–H groups in total. The summed E-state index contributed by atoms with van der Waals surface area (Å²) in [5.41, 5.74) is 10.9. The Bertz CT molecular complexity index is 651. The van der Waals surface area contributed by atoms with Crippen molar-refractivity contribution in [3.63, 3.8) is 0 Å². The van der Waals surface area contributed by atoms with Gasteiger partial charge in [-0.15, -0.1) is 9.35 Å². The molecule has 0 radical (unpaired) electrons. The van der Waals surface area contributed by atoms with Crippen molar-refractivity contribution in [3.8, 4) is 0 Å². The molecule has 2 aromatic rings. The molecule has 0 aromatic carbocycles. The van der Waals surface area contributed by atoms with Crippen LogP contribution in [-0.2, 0) is 0 Å². The molecule has 0 unspecified atom stereocenters. The summed E-state index contributed by atoms with van der Waals surface area (Å²) in [7, 11) is 0. The Labute approximate surface area is 130 Å².